The van der Waals surface area contributed by atoms with Crippen LogP contribution in [0.3, 0.4) is 0 Å². The molecular formula is C11H14N2O5. The van der Waals surface area contributed by atoms with Crippen LogP contribution >= 0.6 is 0 Å². The summed E-state index contributed by atoms with van der Waals surface area (Å²) in [6, 6.07) is 1.15. The van der Waals surface area contributed by atoms with Crippen LogP contribution in [0.5, 0.6) is 0 Å². The van der Waals surface area contributed by atoms with E-state index in [0.29, 0.717) is 19.4 Å². The highest BCUT2D eigenvalue weighted by atomic mass is 16.4. The molecule has 7 nitrogen and oxygen atoms in total. The van der Waals surface area contributed by atoms with Crippen LogP contribution in [0, 0.1) is 0 Å². The Labute approximate surface area is 103 Å². The first kappa shape index (κ1) is 13.8. The van der Waals surface area contributed by atoms with E-state index >= 15 is 0 Å². The standard InChI is InChI=1S/C11H14N2O5/c12-9(14)3-1-2-4-13-10(15)8-5-7(6-18-8)11(16)17/h5-6H,1-4H2,(H2,12,14)(H,13,15)(H,16,17). The number of carbonyl (C=O) groups is 3. The van der Waals surface area contributed by atoms with Gasteiger partial charge in [-0.3, -0.25) is 9.59 Å². The highest BCUT2D eigenvalue weighted by Crippen LogP contribution is 2.07. The first-order chi connectivity index (χ1) is 8.50. The van der Waals surface area contributed by atoms with E-state index in [-0.39, 0.29) is 23.7 Å². The number of primary amides is 1. The van der Waals surface area contributed by atoms with E-state index in [4.69, 9.17) is 15.3 Å². The number of carboxylic acids is 1. The van der Waals surface area contributed by atoms with Gasteiger partial charge in [0.15, 0.2) is 5.76 Å². The van der Waals surface area contributed by atoms with Crippen LogP contribution < -0.4 is 11.1 Å². The van der Waals surface area contributed by atoms with Crippen molar-refractivity contribution in [2.75, 3.05) is 6.54 Å². The van der Waals surface area contributed by atoms with Gasteiger partial charge >= 0.3 is 5.97 Å². The van der Waals surface area contributed by atoms with Crippen molar-refractivity contribution >= 4 is 17.8 Å². The number of hydrogen-bond acceptors (Lipinski definition) is 4. The van der Waals surface area contributed by atoms with Crippen molar-refractivity contribution in [3.63, 3.8) is 0 Å². The third-order valence-electron chi connectivity index (χ3n) is 2.21. The van der Waals surface area contributed by atoms with Gasteiger partial charge < -0.3 is 20.6 Å². The third-order valence-corrected chi connectivity index (χ3v) is 2.21. The lowest BCUT2D eigenvalue weighted by molar-refractivity contribution is -0.118. The van der Waals surface area contributed by atoms with Crippen LogP contribution in [-0.4, -0.2) is 29.4 Å². The van der Waals surface area contributed by atoms with Gasteiger partial charge in [-0.15, -0.1) is 0 Å². The van der Waals surface area contributed by atoms with Crippen LogP contribution in [0.2, 0.25) is 0 Å². The zero-order chi connectivity index (χ0) is 13.5. The van der Waals surface area contributed by atoms with Gasteiger partial charge in [-0.1, -0.05) is 0 Å². The van der Waals surface area contributed by atoms with Crippen LogP contribution in [0.15, 0.2) is 16.7 Å². The Kier molecular flexibility index (Phi) is 4.91. The Bertz CT molecular complexity index is 452. The van der Waals surface area contributed by atoms with Crippen LogP contribution in [-0.2, 0) is 4.79 Å². The smallest absolute Gasteiger partial charge is 0.338 e. The third kappa shape index (κ3) is 4.28. The molecule has 0 spiro atoms. The molecule has 1 heterocycles. The van der Waals surface area contributed by atoms with Gasteiger partial charge in [0.25, 0.3) is 5.91 Å². The number of unbranched alkanes of at least 4 members (excludes halogenated alkanes) is 1. The second-order valence-corrected chi connectivity index (χ2v) is 3.68. The molecule has 0 atom stereocenters. The number of furan rings is 1. The molecule has 4 N–H and O–H groups in total. The van der Waals surface area contributed by atoms with Gasteiger partial charge in [-0.05, 0) is 12.8 Å². The minimum atomic E-state index is -1.15. The van der Waals surface area contributed by atoms with E-state index < -0.39 is 11.9 Å². The molecule has 98 valence electrons. The van der Waals surface area contributed by atoms with E-state index in [0.717, 1.165) is 12.3 Å². The fourth-order valence-electron chi connectivity index (χ4n) is 1.28. The topological polar surface area (TPSA) is 123 Å². The molecule has 0 aliphatic carbocycles. The average molecular weight is 254 g/mol. The van der Waals surface area contributed by atoms with Crippen molar-refractivity contribution in [2.45, 2.75) is 19.3 Å². The molecule has 0 unspecified atom stereocenters. The summed E-state index contributed by atoms with van der Waals surface area (Å²) < 4.78 is 4.82. The molecule has 1 aromatic heterocycles. The minimum absolute atomic E-state index is 0.0534. The van der Waals surface area contributed by atoms with E-state index in [9.17, 15) is 14.4 Å². The SMILES string of the molecule is NC(=O)CCCCNC(=O)c1cc(C(=O)O)co1. The van der Waals surface area contributed by atoms with Crippen molar-refractivity contribution in [1.29, 1.82) is 0 Å². The molecule has 18 heavy (non-hydrogen) atoms. The lowest BCUT2D eigenvalue weighted by Gasteiger charge is -2.01. The number of nitrogens with one attached hydrogen (secondary N) is 1. The largest absolute Gasteiger partial charge is 0.478 e. The van der Waals surface area contributed by atoms with Crippen molar-refractivity contribution < 1.29 is 23.9 Å². The van der Waals surface area contributed by atoms with Crippen molar-refractivity contribution in [3.8, 4) is 0 Å². The van der Waals surface area contributed by atoms with Gasteiger partial charge in [-0.2, -0.15) is 0 Å². The van der Waals surface area contributed by atoms with Crippen molar-refractivity contribution in [1.82, 2.24) is 5.32 Å². The predicted molar refractivity (Wildman–Crippen MR) is 61.0 cm³/mol. The maximum Gasteiger partial charge on any atom is 0.338 e. The van der Waals surface area contributed by atoms with Gasteiger partial charge in [0.05, 0.1) is 5.56 Å². The molecule has 0 radical (unpaired) electrons. The molecule has 7 heteroatoms. The lowest BCUT2D eigenvalue weighted by Crippen LogP contribution is -2.24. The summed E-state index contributed by atoms with van der Waals surface area (Å²) in [5.41, 5.74) is 4.88. The highest BCUT2D eigenvalue weighted by molar-refractivity contribution is 5.95. The molecular weight excluding hydrogens is 240 g/mol. The minimum Gasteiger partial charge on any atom is -0.478 e. The monoisotopic (exact) mass is 254 g/mol. The van der Waals surface area contributed by atoms with Crippen LogP contribution in [0.4, 0.5) is 0 Å². The van der Waals surface area contributed by atoms with Crippen molar-refractivity contribution in [3.05, 3.63) is 23.7 Å². The van der Waals surface area contributed by atoms with E-state index in [1.165, 1.54) is 0 Å². The van der Waals surface area contributed by atoms with Gasteiger partial charge in [0.2, 0.25) is 5.91 Å². The number of aromatic carboxylic acids is 1. The molecule has 0 fully saturated rings. The first-order valence-electron chi connectivity index (χ1n) is 5.39. The number of carboxylic acid groups (broad SMARTS) is 1. The maximum atomic E-state index is 11.5. The number of nitrogens with two attached hydrogens (primary N) is 1. The Morgan fingerprint density at radius 3 is 2.61 bits per heavy atom. The van der Waals surface area contributed by atoms with Crippen LogP contribution in [0.1, 0.15) is 40.2 Å². The van der Waals surface area contributed by atoms with E-state index in [1.54, 1.807) is 0 Å². The number of carbonyl (C=O) groups excluding carboxylic acids is 2. The maximum absolute atomic E-state index is 11.5. The first-order valence-corrected chi connectivity index (χ1v) is 5.39. The summed E-state index contributed by atoms with van der Waals surface area (Å²) in [5, 5.41) is 11.2. The molecule has 2 amide bonds. The fraction of sp³-hybridized carbons (Fsp3) is 0.364. The molecule has 0 bridgehead atoms. The second kappa shape index (κ2) is 6.43. The zero-order valence-corrected chi connectivity index (χ0v) is 9.64. The summed E-state index contributed by atoms with van der Waals surface area (Å²) >= 11 is 0. The number of rotatable bonds is 7. The zero-order valence-electron chi connectivity index (χ0n) is 9.64. The normalized spacial score (nSPS) is 10.0. The molecule has 0 aliphatic rings. The molecule has 1 aromatic rings. The van der Waals surface area contributed by atoms with Gasteiger partial charge in [0.1, 0.15) is 6.26 Å². The Hall–Kier alpha value is -2.31. The number of hydrogen-bond donors (Lipinski definition) is 3. The molecule has 0 saturated heterocycles. The van der Waals surface area contributed by atoms with Crippen molar-refractivity contribution in [2.24, 2.45) is 5.73 Å². The van der Waals surface area contributed by atoms with Crippen LogP contribution in [0.25, 0.3) is 0 Å². The van der Waals surface area contributed by atoms with Gasteiger partial charge in [-0.25, -0.2) is 4.79 Å². The Balaban J connectivity index is 2.32. The predicted octanol–water partition coefficient (Wildman–Crippen LogP) is 0.363. The summed E-state index contributed by atoms with van der Waals surface area (Å²) in [4.78, 5) is 32.5. The van der Waals surface area contributed by atoms with E-state index in [2.05, 4.69) is 5.32 Å². The Morgan fingerprint density at radius 2 is 2.06 bits per heavy atom. The molecule has 0 aromatic carbocycles. The van der Waals surface area contributed by atoms with E-state index in [1.807, 2.05) is 0 Å². The summed E-state index contributed by atoms with van der Waals surface area (Å²) in [6.07, 6.45) is 2.49. The molecule has 0 saturated carbocycles. The highest BCUT2D eigenvalue weighted by Gasteiger charge is 2.13. The second-order valence-electron chi connectivity index (χ2n) is 3.68. The number of amides is 2. The Morgan fingerprint density at radius 1 is 1.33 bits per heavy atom. The quantitative estimate of drug-likeness (QED) is 0.606. The average Bonchev–Trinajstić information content (AvgIpc) is 2.77. The summed E-state index contributed by atoms with van der Waals surface area (Å²) in [6.45, 7) is 0.370. The fourth-order valence-corrected chi connectivity index (χ4v) is 1.28. The van der Waals surface area contributed by atoms with Gasteiger partial charge in [0, 0.05) is 19.0 Å². The summed E-state index contributed by atoms with van der Waals surface area (Å²) in [7, 11) is 0. The molecule has 1 rings (SSSR count). The lowest BCUT2D eigenvalue weighted by atomic mass is 10.2. The summed E-state index contributed by atoms with van der Waals surface area (Å²) in [5.74, 6) is -2.07. The molecule has 0 aliphatic heterocycles.